The van der Waals surface area contributed by atoms with Crippen molar-refractivity contribution in [2.75, 3.05) is 39.3 Å². The zero-order valence-electron chi connectivity index (χ0n) is 17.5. The van der Waals surface area contributed by atoms with E-state index in [4.69, 9.17) is 10.7 Å². The van der Waals surface area contributed by atoms with Gasteiger partial charge in [0.25, 0.3) is 0 Å². The molecule has 2 aliphatic rings. The van der Waals surface area contributed by atoms with Crippen LogP contribution in [0.2, 0.25) is 0 Å². The lowest BCUT2D eigenvalue weighted by atomic mass is 9.81. The molecule has 3 atom stereocenters. The first-order valence-corrected chi connectivity index (χ1v) is 11.1. The van der Waals surface area contributed by atoms with Gasteiger partial charge in [-0.1, -0.05) is 26.2 Å². The van der Waals surface area contributed by atoms with Crippen LogP contribution in [-0.2, 0) is 4.79 Å². The predicted molar refractivity (Wildman–Crippen MR) is 113 cm³/mol. The van der Waals surface area contributed by atoms with Crippen LogP contribution in [0, 0.1) is 17.8 Å². The fourth-order valence-corrected chi connectivity index (χ4v) is 4.53. The van der Waals surface area contributed by atoms with Gasteiger partial charge in [0.1, 0.15) is 0 Å². The molecule has 1 saturated heterocycles. The van der Waals surface area contributed by atoms with E-state index in [1.165, 1.54) is 32.1 Å². The van der Waals surface area contributed by atoms with Gasteiger partial charge in [-0.05, 0) is 64.0 Å². The molecule has 1 heterocycles. The minimum atomic E-state index is -0.149. The van der Waals surface area contributed by atoms with Crippen molar-refractivity contribution in [2.45, 2.75) is 65.2 Å². The second-order valence-electron chi connectivity index (χ2n) is 8.51. The van der Waals surface area contributed by atoms with E-state index in [1.54, 1.807) is 0 Å². The summed E-state index contributed by atoms with van der Waals surface area (Å²) in [5, 5.41) is 6.86. The molecule has 4 N–H and O–H groups in total. The highest BCUT2D eigenvalue weighted by Crippen LogP contribution is 2.30. The molecule has 0 aromatic rings. The van der Waals surface area contributed by atoms with E-state index in [0.717, 1.165) is 76.3 Å². The molecule has 0 aromatic heterocycles. The molecule has 156 valence electrons. The maximum Gasteiger partial charge on any atom is 0.221 e. The minimum Gasteiger partial charge on any atom is -0.369 e. The number of nitrogens with zero attached hydrogens (tertiary/aromatic N) is 2. The van der Waals surface area contributed by atoms with E-state index in [9.17, 15) is 4.79 Å². The number of nitrogens with two attached hydrogens (primary N) is 1. The average molecular weight is 380 g/mol. The Morgan fingerprint density at radius 1 is 1.22 bits per heavy atom. The number of aliphatic imine (C=N–C) groups is 1. The van der Waals surface area contributed by atoms with Gasteiger partial charge in [-0.15, -0.1) is 0 Å². The quantitative estimate of drug-likeness (QED) is 0.326. The Hall–Kier alpha value is -1.30. The van der Waals surface area contributed by atoms with Gasteiger partial charge in [0, 0.05) is 26.2 Å². The second-order valence-corrected chi connectivity index (χ2v) is 8.51. The largest absolute Gasteiger partial charge is 0.369 e. The lowest BCUT2D eigenvalue weighted by Crippen LogP contribution is -2.41. The Morgan fingerprint density at radius 2 is 2.07 bits per heavy atom. The van der Waals surface area contributed by atoms with Crippen molar-refractivity contribution in [1.82, 2.24) is 15.5 Å². The number of carbonyl (C=O) groups is 1. The summed E-state index contributed by atoms with van der Waals surface area (Å²) in [5.74, 6) is 2.60. The topological polar surface area (TPSA) is 82.8 Å². The van der Waals surface area contributed by atoms with E-state index in [0.29, 0.717) is 0 Å². The number of primary amides is 1. The molecular weight excluding hydrogens is 338 g/mol. The standard InChI is InChI=1S/C21H41N5O/c1-3-23-21(25-12-10-18-8-4-7-17(2)15-18)24-11-6-14-26-13-5-9-19(16-26)20(22)27/h17-19H,3-16H2,1-2H3,(H2,22,27)(H2,23,24,25). The zero-order valence-corrected chi connectivity index (χ0v) is 17.5. The van der Waals surface area contributed by atoms with Crippen molar-refractivity contribution >= 4 is 11.9 Å². The Balaban J connectivity index is 1.64. The first-order chi connectivity index (χ1) is 13.1. The average Bonchev–Trinajstić information content (AvgIpc) is 2.65. The predicted octanol–water partition coefficient (Wildman–Crippen LogP) is 2.35. The van der Waals surface area contributed by atoms with Gasteiger partial charge in [0.2, 0.25) is 5.91 Å². The Labute approximate surface area is 165 Å². The molecule has 0 bridgehead atoms. The first kappa shape index (κ1) is 22.0. The number of amides is 1. The summed E-state index contributed by atoms with van der Waals surface area (Å²) in [5.41, 5.74) is 5.46. The van der Waals surface area contributed by atoms with Crippen molar-refractivity contribution in [3.8, 4) is 0 Å². The van der Waals surface area contributed by atoms with E-state index < -0.39 is 0 Å². The third kappa shape index (κ3) is 8.50. The highest BCUT2D eigenvalue weighted by Gasteiger charge is 2.23. The number of hydrogen-bond donors (Lipinski definition) is 3. The summed E-state index contributed by atoms with van der Waals surface area (Å²) in [7, 11) is 0. The number of carbonyl (C=O) groups excluding carboxylic acids is 1. The number of nitrogens with one attached hydrogen (secondary N) is 2. The van der Waals surface area contributed by atoms with E-state index in [-0.39, 0.29) is 11.8 Å². The van der Waals surface area contributed by atoms with Crippen LogP contribution in [0.1, 0.15) is 65.2 Å². The van der Waals surface area contributed by atoms with Crippen molar-refractivity contribution in [3.63, 3.8) is 0 Å². The Bertz CT molecular complexity index is 467. The highest BCUT2D eigenvalue weighted by molar-refractivity contribution is 5.79. The summed E-state index contributed by atoms with van der Waals surface area (Å²) < 4.78 is 0. The summed E-state index contributed by atoms with van der Waals surface area (Å²) in [4.78, 5) is 18.5. The fourth-order valence-electron chi connectivity index (χ4n) is 4.53. The van der Waals surface area contributed by atoms with Crippen LogP contribution >= 0.6 is 0 Å². The molecule has 2 rings (SSSR count). The molecule has 1 amide bonds. The molecule has 6 nitrogen and oxygen atoms in total. The molecule has 0 spiro atoms. The van der Waals surface area contributed by atoms with Crippen LogP contribution < -0.4 is 16.4 Å². The molecule has 6 heteroatoms. The number of piperidine rings is 1. The zero-order chi connectivity index (χ0) is 19.5. The van der Waals surface area contributed by atoms with Crippen molar-refractivity contribution in [2.24, 2.45) is 28.5 Å². The Morgan fingerprint density at radius 3 is 2.81 bits per heavy atom. The van der Waals surface area contributed by atoms with Gasteiger partial charge < -0.3 is 21.3 Å². The smallest absolute Gasteiger partial charge is 0.221 e. The summed E-state index contributed by atoms with van der Waals surface area (Å²) in [6.07, 6.45) is 9.86. The lowest BCUT2D eigenvalue weighted by molar-refractivity contribution is -0.123. The number of rotatable bonds is 9. The van der Waals surface area contributed by atoms with Crippen LogP contribution in [0.5, 0.6) is 0 Å². The normalized spacial score (nSPS) is 27.3. The number of guanidine groups is 1. The maximum absolute atomic E-state index is 11.4. The van der Waals surface area contributed by atoms with Crippen molar-refractivity contribution < 1.29 is 4.79 Å². The summed E-state index contributed by atoms with van der Waals surface area (Å²) >= 11 is 0. The van der Waals surface area contributed by atoms with Crippen LogP contribution in [-0.4, -0.2) is 56.0 Å². The molecule has 27 heavy (non-hydrogen) atoms. The van der Waals surface area contributed by atoms with E-state index >= 15 is 0 Å². The monoisotopic (exact) mass is 379 g/mol. The summed E-state index contributed by atoms with van der Waals surface area (Å²) in [6.45, 7) is 10.1. The van der Waals surface area contributed by atoms with E-state index in [1.807, 2.05) is 0 Å². The second kappa shape index (κ2) is 12.2. The fraction of sp³-hybridized carbons (Fsp3) is 0.905. The molecule has 1 aliphatic heterocycles. The van der Waals surface area contributed by atoms with Gasteiger partial charge in [-0.2, -0.15) is 0 Å². The van der Waals surface area contributed by atoms with Crippen molar-refractivity contribution in [1.29, 1.82) is 0 Å². The van der Waals surface area contributed by atoms with Crippen LogP contribution in [0.3, 0.4) is 0 Å². The summed E-state index contributed by atoms with van der Waals surface area (Å²) in [6, 6.07) is 0. The van der Waals surface area contributed by atoms with Gasteiger partial charge in [0.15, 0.2) is 5.96 Å². The van der Waals surface area contributed by atoms with Gasteiger partial charge in [-0.3, -0.25) is 9.79 Å². The van der Waals surface area contributed by atoms with Gasteiger partial charge in [-0.25, -0.2) is 0 Å². The first-order valence-electron chi connectivity index (χ1n) is 11.1. The van der Waals surface area contributed by atoms with Gasteiger partial charge >= 0.3 is 0 Å². The van der Waals surface area contributed by atoms with Gasteiger partial charge in [0.05, 0.1) is 5.92 Å². The SMILES string of the molecule is CCNC(=NCCCN1CCCC(C(N)=O)C1)NCCC1CCCC(C)C1. The minimum absolute atomic E-state index is 0.0312. The van der Waals surface area contributed by atoms with E-state index in [2.05, 4.69) is 29.4 Å². The number of likely N-dealkylation sites (tertiary alicyclic amines) is 1. The van der Waals surface area contributed by atoms with Crippen LogP contribution in [0.25, 0.3) is 0 Å². The molecule has 2 fully saturated rings. The third-order valence-electron chi connectivity index (χ3n) is 6.04. The molecule has 0 radical (unpaired) electrons. The Kier molecular flexibility index (Phi) is 9.95. The maximum atomic E-state index is 11.4. The third-order valence-corrected chi connectivity index (χ3v) is 6.04. The lowest BCUT2D eigenvalue weighted by Gasteiger charge is -2.30. The molecule has 3 unspecified atom stereocenters. The molecular formula is C21H41N5O. The van der Waals surface area contributed by atoms with Crippen molar-refractivity contribution in [3.05, 3.63) is 0 Å². The number of hydrogen-bond acceptors (Lipinski definition) is 3. The molecule has 0 aromatic carbocycles. The molecule has 1 aliphatic carbocycles. The molecule has 1 saturated carbocycles. The van der Waals surface area contributed by atoms with Crippen LogP contribution in [0.15, 0.2) is 4.99 Å². The highest BCUT2D eigenvalue weighted by atomic mass is 16.1. The van der Waals surface area contributed by atoms with Crippen LogP contribution in [0.4, 0.5) is 0 Å².